The van der Waals surface area contributed by atoms with Crippen LogP contribution in [0, 0.1) is 0 Å². The van der Waals surface area contributed by atoms with Gasteiger partial charge in [-0.15, -0.1) is 0 Å². The standard InChI is InChI=1S/C11H17N3O2/c1-14(10(6-12)11(15)16-2)8-9-4-3-5-13-7-9/h3-5,7,10H,6,8,12H2,1-2H3. The van der Waals surface area contributed by atoms with Gasteiger partial charge in [0.05, 0.1) is 7.11 Å². The minimum Gasteiger partial charge on any atom is -0.468 e. The quantitative estimate of drug-likeness (QED) is 0.712. The number of esters is 1. The lowest BCUT2D eigenvalue weighted by molar-refractivity contribution is -0.146. The summed E-state index contributed by atoms with van der Waals surface area (Å²) >= 11 is 0. The minimum absolute atomic E-state index is 0.240. The molecule has 16 heavy (non-hydrogen) atoms. The number of pyridine rings is 1. The first-order chi connectivity index (χ1) is 7.69. The van der Waals surface area contributed by atoms with Crippen LogP contribution in [0.1, 0.15) is 5.56 Å². The zero-order chi connectivity index (χ0) is 12.0. The lowest BCUT2D eigenvalue weighted by atomic mass is 10.2. The first-order valence-corrected chi connectivity index (χ1v) is 5.06. The number of hydrogen-bond acceptors (Lipinski definition) is 5. The first-order valence-electron chi connectivity index (χ1n) is 5.06. The van der Waals surface area contributed by atoms with E-state index in [0.29, 0.717) is 6.54 Å². The molecule has 5 heteroatoms. The molecule has 1 unspecified atom stereocenters. The SMILES string of the molecule is COC(=O)C(CN)N(C)Cc1cccnc1. The molecule has 88 valence electrons. The number of carbonyl (C=O) groups is 1. The maximum absolute atomic E-state index is 11.4. The summed E-state index contributed by atoms with van der Waals surface area (Å²) < 4.78 is 4.69. The van der Waals surface area contributed by atoms with Crippen LogP contribution in [-0.4, -0.2) is 42.6 Å². The fraction of sp³-hybridized carbons (Fsp3) is 0.455. The van der Waals surface area contributed by atoms with Gasteiger partial charge in [0, 0.05) is 25.5 Å². The highest BCUT2D eigenvalue weighted by Gasteiger charge is 2.22. The highest BCUT2D eigenvalue weighted by atomic mass is 16.5. The molecule has 1 rings (SSSR count). The van der Waals surface area contributed by atoms with E-state index >= 15 is 0 Å². The molecule has 5 nitrogen and oxygen atoms in total. The van der Waals surface area contributed by atoms with Crippen LogP contribution in [-0.2, 0) is 16.1 Å². The van der Waals surface area contributed by atoms with E-state index in [1.54, 1.807) is 12.4 Å². The number of rotatable bonds is 5. The van der Waals surface area contributed by atoms with Gasteiger partial charge >= 0.3 is 5.97 Å². The lowest BCUT2D eigenvalue weighted by Crippen LogP contribution is -2.44. The van der Waals surface area contributed by atoms with Crippen LogP contribution in [0.15, 0.2) is 24.5 Å². The van der Waals surface area contributed by atoms with Gasteiger partial charge in [0.15, 0.2) is 0 Å². The number of nitrogens with zero attached hydrogens (tertiary/aromatic N) is 2. The Morgan fingerprint density at radius 1 is 1.69 bits per heavy atom. The molecule has 1 atom stereocenters. The second-order valence-corrected chi connectivity index (χ2v) is 3.55. The van der Waals surface area contributed by atoms with Crippen LogP contribution < -0.4 is 5.73 Å². The minimum atomic E-state index is -0.412. The van der Waals surface area contributed by atoms with Crippen LogP contribution in [0.25, 0.3) is 0 Å². The Hall–Kier alpha value is -1.46. The van der Waals surface area contributed by atoms with Crippen molar-refractivity contribution < 1.29 is 9.53 Å². The van der Waals surface area contributed by atoms with Crippen LogP contribution in [0.5, 0.6) is 0 Å². The fourth-order valence-electron chi connectivity index (χ4n) is 1.48. The van der Waals surface area contributed by atoms with Gasteiger partial charge < -0.3 is 10.5 Å². The zero-order valence-corrected chi connectivity index (χ0v) is 9.59. The van der Waals surface area contributed by atoms with Crippen molar-refractivity contribution in [1.82, 2.24) is 9.88 Å². The van der Waals surface area contributed by atoms with E-state index in [1.807, 2.05) is 24.1 Å². The van der Waals surface area contributed by atoms with Crippen molar-refractivity contribution in [2.24, 2.45) is 5.73 Å². The van der Waals surface area contributed by atoms with Crippen molar-refractivity contribution in [3.05, 3.63) is 30.1 Å². The Morgan fingerprint density at radius 2 is 2.44 bits per heavy atom. The number of ether oxygens (including phenoxy) is 1. The van der Waals surface area contributed by atoms with Crippen molar-refractivity contribution in [1.29, 1.82) is 0 Å². The zero-order valence-electron chi connectivity index (χ0n) is 9.59. The van der Waals surface area contributed by atoms with Gasteiger partial charge in [0.25, 0.3) is 0 Å². The van der Waals surface area contributed by atoms with E-state index in [0.717, 1.165) is 5.56 Å². The highest BCUT2D eigenvalue weighted by Crippen LogP contribution is 2.05. The summed E-state index contributed by atoms with van der Waals surface area (Å²) in [5, 5.41) is 0. The normalized spacial score (nSPS) is 12.5. The largest absolute Gasteiger partial charge is 0.468 e. The molecule has 0 aliphatic carbocycles. The number of nitrogens with two attached hydrogens (primary N) is 1. The molecule has 1 aromatic heterocycles. The monoisotopic (exact) mass is 223 g/mol. The molecule has 0 aromatic carbocycles. The summed E-state index contributed by atoms with van der Waals surface area (Å²) in [5.41, 5.74) is 6.58. The van der Waals surface area contributed by atoms with Gasteiger partial charge in [-0.2, -0.15) is 0 Å². The van der Waals surface area contributed by atoms with Crippen LogP contribution in [0.2, 0.25) is 0 Å². The number of methoxy groups -OCH3 is 1. The smallest absolute Gasteiger partial charge is 0.324 e. The average molecular weight is 223 g/mol. The Bertz CT molecular complexity index is 329. The maximum atomic E-state index is 11.4. The van der Waals surface area contributed by atoms with Crippen molar-refractivity contribution in [3.8, 4) is 0 Å². The molecule has 0 fully saturated rings. The molecule has 0 spiro atoms. The molecule has 0 saturated heterocycles. The van der Waals surface area contributed by atoms with Crippen molar-refractivity contribution in [2.75, 3.05) is 20.7 Å². The first kappa shape index (κ1) is 12.6. The second kappa shape index (κ2) is 6.19. The second-order valence-electron chi connectivity index (χ2n) is 3.55. The molecule has 2 N–H and O–H groups in total. The van der Waals surface area contributed by atoms with Crippen molar-refractivity contribution in [2.45, 2.75) is 12.6 Å². The van der Waals surface area contributed by atoms with Crippen LogP contribution >= 0.6 is 0 Å². The summed E-state index contributed by atoms with van der Waals surface area (Å²) in [6.45, 7) is 0.855. The summed E-state index contributed by atoms with van der Waals surface area (Å²) in [5.74, 6) is -0.311. The van der Waals surface area contributed by atoms with Crippen LogP contribution in [0.3, 0.4) is 0 Å². The van der Waals surface area contributed by atoms with Crippen molar-refractivity contribution in [3.63, 3.8) is 0 Å². The number of likely N-dealkylation sites (N-methyl/N-ethyl adjacent to an activating group) is 1. The van der Waals surface area contributed by atoms with Gasteiger partial charge in [-0.25, -0.2) is 0 Å². The Morgan fingerprint density at radius 3 is 2.94 bits per heavy atom. The molecule has 0 saturated carbocycles. The van der Waals surface area contributed by atoms with E-state index in [2.05, 4.69) is 9.72 Å². The summed E-state index contributed by atoms with van der Waals surface area (Å²) in [4.78, 5) is 17.3. The van der Waals surface area contributed by atoms with Gasteiger partial charge in [-0.3, -0.25) is 14.7 Å². The van der Waals surface area contributed by atoms with Crippen LogP contribution in [0.4, 0.5) is 0 Å². The van der Waals surface area contributed by atoms with E-state index in [9.17, 15) is 4.79 Å². The van der Waals surface area contributed by atoms with Gasteiger partial charge in [-0.1, -0.05) is 6.07 Å². The van der Waals surface area contributed by atoms with Gasteiger partial charge in [0.1, 0.15) is 6.04 Å². The molecule has 0 bridgehead atoms. The van der Waals surface area contributed by atoms with Gasteiger partial charge in [0.2, 0.25) is 0 Å². The number of hydrogen-bond donors (Lipinski definition) is 1. The van der Waals surface area contributed by atoms with Gasteiger partial charge in [-0.05, 0) is 18.7 Å². The summed E-state index contributed by atoms with van der Waals surface area (Å²) in [6, 6.07) is 3.40. The molecular formula is C11H17N3O2. The summed E-state index contributed by atoms with van der Waals surface area (Å²) in [6.07, 6.45) is 3.48. The molecule has 1 heterocycles. The molecular weight excluding hydrogens is 206 g/mol. The topological polar surface area (TPSA) is 68.5 Å². The molecule has 0 amide bonds. The number of aromatic nitrogens is 1. The van der Waals surface area contributed by atoms with E-state index < -0.39 is 6.04 Å². The predicted molar refractivity (Wildman–Crippen MR) is 60.6 cm³/mol. The maximum Gasteiger partial charge on any atom is 0.324 e. The van der Waals surface area contributed by atoms with Crippen molar-refractivity contribution >= 4 is 5.97 Å². The van der Waals surface area contributed by atoms with E-state index in [4.69, 9.17) is 5.73 Å². The Balaban J connectivity index is 2.63. The lowest BCUT2D eigenvalue weighted by Gasteiger charge is -2.24. The third-order valence-corrected chi connectivity index (χ3v) is 2.38. The third kappa shape index (κ3) is 3.29. The summed E-state index contributed by atoms with van der Waals surface area (Å²) in [7, 11) is 3.20. The average Bonchev–Trinajstić information content (AvgIpc) is 2.31. The van der Waals surface area contributed by atoms with E-state index in [-0.39, 0.29) is 12.5 Å². The molecule has 0 aliphatic heterocycles. The Kier molecular flexibility index (Phi) is 4.88. The highest BCUT2D eigenvalue weighted by molar-refractivity contribution is 5.75. The predicted octanol–water partition coefficient (Wildman–Crippen LogP) is 0.0137. The Labute approximate surface area is 95.2 Å². The van der Waals surface area contributed by atoms with E-state index in [1.165, 1.54) is 7.11 Å². The molecule has 0 aliphatic rings. The molecule has 0 radical (unpaired) electrons. The number of carbonyl (C=O) groups excluding carboxylic acids is 1. The third-order valence-electron chi connectivity index (χ3n) is 2.38. The molecule has 1 aromatic rings. The fourth-order valence-corrected chi connectivity index (χ4v) is 1.48.